The highest BCUT2D eigenvalue weighted by molar-refractivity contribution is 5.60. The van der Waals surface area contributed by atoms with Crippen LogP contribution < -0.4 is 0 Å². The number of H-pyrrole nitrogens is 1. The molecule has 3 nitrogen and oxygen atoms in total. The Morgan fingerprint density at radius 3 is 2.65 bits per heavy atom. The molecule has 0 aliphatic heterocycles. The average molecular weight is 223 g/mol. The summed E-state index contributed by atoms with van der Waals surface area (Å²) in [4.78, 5) is 0. The topological polar surface area (TPSA) is 33.6 Å². The minimum Gasteiger partial charge on any atom is -0.321 e. The number of aromatic amines is 1. The molecule has 1 N–H and O–H groups in total. The molecule has 0 atom stereocenters. The molecular weight excluding hydrogens is 210 g/mol. The lowest BCUT2D eigenvalue weighted by Gasteiger charge is -2.04. The van der Waals surface area contributed by atoms with E-state index in [4.69, 9.17) is 0 Å². The molecule has 84 valence electrons. The fourth-order valence-electron chi connectivity index (χ4n) is 2.00. The van der Waals surface area contributed by atoms with Gasteiger partial charge in [0.1, 0.15) is 0 Å². The molecule has 0 fully saturated rings. The van der Waals surface area contributed by atoms with Gasteiger partial charge in [0.05, 0.1) is 5.69 Å². The van der Waals surface area contributed by atoms with E-state index in [9.17, 15) is 0 Å². The Balaban J connectivity index is 2.08. The van der Waals surface area contributed by atoms with E-state index in [0.717, 1.165) is 11.3 Å². The number of hydrogen-bond donors (Lipinski definition) is 1. The molecule has 0 bridgehead atoms. The Morgan fingerprint density at radius 1 is 1.12 bits per heavy atom. The first-order valence-corrected chi connectivity index (χ1v) is 5.59. The van der Waals surface area contributed by atoms with Gasteiger partial charge in [-0.05, 0) is 31.2 Å². The van der Waals surface area contributed by atoms with Gasteiger partial charge in [0.15, 0.2) is 0 Å². The van der Waals surface area contributed by atoms with Crippen LogP contribution in [0.2, 0.25) is 0 Å². The van der Waals surface area contributed by atoms with Gasteiger partial charge < -0.3 is 4.57 Å². The number of aromatic nitrogens is 3. The van der Waals surface area contributed by atoms with Gasteiger partial charge in [0.2, 0.25) is 0 Å². The molecule has 17 heavy (non-hydrogen) atoms. The molecule has 0 unspecified atom stereocenters. The standard InChI is InChI=1S/C14H13N3/c1-11-9-12(14-7-8-15-16-14)10-17(11)13-5-3-2-4-6-13/h2-10H,1H3,(H,15,16). The van der Waals surface area contributed by atoms with E-state index in [1.165, 1.54) is 11.4 Å². The molecule has 3 aromatic rings. The van der Waals surface area contributed by atoms with Gasteiger partial charge in [0.25, 0.3) is 0 Å². The number of nitrogens with zero attached hydrogens (tertiary/aromatic N) is 2. The van der Waals surface area contributed by atoms with E-state index >= 15 is 0 Å². The fourth-order valence-corrected chi connectivity index (χ4v) is 2.00. The third kappa shape index (κ3) is 1.76. The lowest BCUT2D eigenvalue weighted by Crippen LogP contribution is -1.92. The number of hydrogen-bond acceptors (Lipinski definition) is 1. The van der Waals surface area contributed by atoms with Gasteiger partial charge in [-0.2, -0.15) is 5.10 Å². The van der Waals surface area contributed by atoms with Crippen LogP contribution in [0.5, 0.6) is 0 Å². The van der Waals surface area contributed by atoms with Crippen LogP contribution in [0.3, 0.4) is 0 Å². The minimum absolute atomic E-state index is 1.04. The SMILES string of the molecule is Cc1cc(-c2ccn[nH]2)cn1-c1ccccc1. The quantitative estimate of drug-likeness (QED) is 0.711. The molecule has 1 aromatic carbocycles. The second-order valence-electron chi connectivity index (χ2n) is 4.05. The zero-order valence-corrected chi connectivity index (χ0v) is 9.59. The van der Waals surface area contributed by atoms with Crippen LogP contribution in [0.4, 0.5) is 0 Å². The van der Waals surface area contributed by atoms with Crippen molar-refractivity contribution in [2.75, 3.05) is 0 Å². The molecule has 0 aliphatic carbocycles. The first-order chi connectivity index (χ1) is 8.34. The van der Waals surface area contributed by atoms with E-state index in [1.54, 1.807) is 6.20 Å². The molecule has 2 aromatic heterocycles. The predicted molar refractivity (Wildman–Crippen MR) is 68.1 cm³/mol. The van der Waals surface area contributed by atoms with Gasteiger partial charge in [-0.25, -0.2) is 0 Å². The number of nitrogens with one attached hydrogen (secondary N) is 1. The zero-order chi connectivity index (χ0) is 11.7. The fraction of sp³-hybridized carbons (Fsp3) is 0.0714. The molecule has 2 heterocycles. The lowest BCUT2D eigenvalue weighted by molar-refractivity contribution is 1.02. The summed E-state index contributed by atoms with van der Waals surface area (Å²) in [7, 11) is 0. The normalized spacial score (nSPS) is 10.6. The van der Waals surface area contributed by atoms with Gasteiger partial charge >= 0.3 is 0 Å². The van der Waals surface area contributed by atoms with Crippen molar-refractivity contribution in [3.8, 4) is 16.9 Å². The van der Waals surface area contributed by atoms with Crippen LogP contribution in [0, 0.1) is 6.92 Å². The summed E-state index contributed by atoms with van der Waals surface area (Å²) in [5, 5.41) is 6.96. The van der Waals surface area contributed by atoms with E-state index in [-0.39, 0.29) is 0 Å². The van der Waals surface area contributed by atoms with Crippen molar-refractivity contribution < 1.29 is 0 Å². The first kappa shape index (κ1) is 9.90. The number of para-hydroxylation sites is 1. The Bertz CT molecular complexity index is 606. The molecule has 3 rings (SSSR count). The van der Waals surface area contributed by atoms with E-state index in [2.05, 4.69) is 46.1 Å². The van der Waals surface area contributed by atoms with Crippen molar-refractivity contribution in [1.82, 2.24) is 14.8 Å². The highest BCUT2D eigenvalue weighted by Gasteiger charge is 2.06. The monoisotopic (exact) mass is 223 g/mol. The summed E-state index contributed by atoms with van der Waals surface area (Å²) < 4.78 is 2.18. The van der Waals surface area contributed by atoms with Crippen molar-refractivity contribution in [3.05, 3.63) is 60.6 Å². The average Bonchev–Trinajstić information content (AvgIpc) is 2.99. The summed E-state index contributed by atoms with van der Waals surface area (Å²) in [5.41, 5.74) is 4.59. The lowest BCUT2D eigenvalue weighted by atomic mass is 10.2. The second kappa shape index (κ2) is 3.94. The molecule has 0 saturated heterocycles. The molecule has 0 aliphatic rings. The highest BCUT2D eigenvalue weighted by atomic mass is 15.1. The summed E-state index contributed by atoms with van der Waals surface area (Å²) in [6.07, 6.45) is 3.89. The molecular formula is C14H13N3. The van der Waals surface area contributed by atoms with Gasteiger partial charge in [-0.15, -0.1) is 0 Å². The largest absolute Gasteiger partial charge is 0.321 e. The number of aryl methyl sites for hydroxylation is 1. The minimum atomic E-state index is 1.04. The second-order valence-corrected chi connectivity index (χ2v) is 4.05. The van der Waals surface area contributed by atoms with Gasteiger partial charge in [-0.1, -0.05) is 18.2 Å². The Labute approximate surface area is 99.7 Å². The van der Waals surface area contributed by atoms with Crippen molar-refractivity contribution in [1.29, 1.82) is 0 Å². The zero-order valence-electron chi connectivity index (χ0n) is 9.59. The van der Waals surface area contributed by atoms with Crippen molar-refractivity contribution >= 4 is 0 Å². The summed E-state index contributed by atoms with van der Waals surface area (Å²) in [5.74, 6) is 0. The van der Waals surface area contributed by atoms with Crippen molar-refractivity contribution in [2.45, 2.75) is 6.92 Å². The summed E-state index contributed by atoms with van der Waals surface area (Å²) in [6, 6.07) is 14.4. The number of benzene rings is 1. The Kier molecular flexibility index (Phi) is 2.29. The third-order valence-corrected chi connectivity index (χ3v) is 2.86. The number of rotatable bonds is 2. The predicted octanol–water partition coefficient (Wildman–Crippen LogP) is 3.18. The first-order valence-electron chi connectivity index (χ1n) is 5.59. The highest BCUT2D eigenvalue weighted by Crippen LogP contribution is 2.22. The van der Waals surface area contributed by atoms with Crippen LogP contribution >= 0.6 is 0 Å². The van der Waals surface area contributed by atoms with Crippen LogP contribution in [0.25, 0.3) is 16.9 Å². The third-order valence-electron chi connectivity index (χ3n) is 2.86. The smallest absolute Gasteiger partial charge is 0.0665 e. The van der Waals surface area contributed by atoms with Gasteiger partial charge in [0, 0.05) is 29.3 Å². The van der Waals surface area contributed by atoms with Crippen molar-refractivity contribution in [2.24, 2.45) is 0 Å². The molecule has 0 saturated carbocycles. The van der Waals surface area contributed by atoms with E-state index in [0.29, 0.717) is 0 Å². The maximum atomic E-state index is 3.98. The van der Waals surface area contributed by atoms with E-state index in [1.807, 2.05) is 24.3 Å². The van der Waals surface area contributed by atoms with E-state index < -0.39 is 0 Å². The molecule has 3 heteroatoms. The molecule has 0 spiro atoms. The van der Waals surface area contributed by atoms with Crippen LogP contribution in [-0.2, 0) is 0 Å². The Hall–Kier alpha value is -2.29. The van der Waals surface area contributed by atoms with Crippen LogP contribution in [-0.4, -0.2) is 14.8 Å². The van der Waals surface area contributed by atoms with Crippen molar-refractivity contribution in [3.63, 3.8) is 0 Å². The maximum absolute atomic E-state index is 3.98. The summed E-state index contributed by atoms with van der Waals surface area (Å²) in [6.45, 7) is 2.10. The van der Waals surface area contributed by atoms with Crippen LogP contribution in [0.1, 0.15) is 5.69 Å². The van der Waals surface area contributed by atoms with Crippen LogP contribution in [0.15, 0.2) is 54.9 Å². The molecule has 0 amide bonds. The van der Waals surface area contributed by atoms with Gasteiger partial charge in [-0.3, -0.25) is 5.10 Å². The molecule has 0 radical (unpaired) electrons. The maximum Gasteiger partial charge on any atom is 0.0665 e. The Morgan fingerprint density at radius 2 is 1.94 bits per heavy atom. The summed E-state index contributed by atoms with van der Waals surface area (Å²) >= 11 is 0.